The molecule has 1 heterocycles. The summed E-state index contributed by atoms with van der Waals surface area (Å²) >= 11 is 0. The number of halogens is 1. The molecule has 17 heavy (non-hydrogen) atoms. The van der Waals surface area contributed by atoms with Crippen LogP contribution in [-0.2, 0) is 10.8 Å². The molecule has 1 aromatic rings. The van der Waals surface area contributed by atoms with E-state index in [2.05, 4.69) is 10.3 Å². The minimum absolute atomic E-state index is 0.126. The van der Waals surface area contributed by atoms with Crippen molar-refractivity contribution >= 4 is 22.6 Å². The van der Waals surface area contributed by atoms with E-state index < -0.39 is 22.6 Å². The molecule has 94 valence electrons. The molecule has 2 N–H and O–H groups in total. The first-order valence-electron chi connectivity index (χ1n) is 4.93. The lowest BCUT2D eigenvalue weighted by atomic mass is 10.2. The topological polar surface area (TPSA) is 79.3 Å². The van der Waals surface area contributed by atoms with Crippen molar-refractivity contribution < 1.29 is 18.5 Å². The third-order valence-corrected chi connectivity index (χ3v) is 2.85. The SMILES string of the molecule is CS(=O)CCCNc1ncc(F)cc1C(=O)O. The molecule has 0 fully saturated rings. The molecular formula is C10H13FN2O3S. The summed E-state index contributed by atoms with van der Waals surface area (Å²) in [5, 5.41) is 11.6. The predicted octanol–water partition coefficient (Wildman–Crippen LogP) is 1.10. The van der Waals surface area contributed by atoms with Crippen molar-refractivity contribution in [3.63, 3.8) is 0 Å². The van der Waals surface area contributed by atoms with Gasteiger partial charge in [-0.1, -0.05) is 0 Å². The Bertz CT molecular complexity index is 440. The first-order chi connectivity index (χ1) is 8.00. The number of carbonyl (C=O) groups is 1. The van der Waals surface area contributed by atoms with Gasteiger partial charge in [0, 0.05) is 29.4 Å². The molecule has 0 amide bonds. The van der Waals surface area contributed by atoms with Gasteiger partial charge in [0.05, 0.1) is 6.20 Å². The van der Waals surface area contributed by atoms with E-state index in [1.807, 2.05) is 0 Å². The van der Waals surface area contributed by atoms with Gasteiger partial charge >= 0.3 is 5.97 Å². The van der Waals surface area contributed by atoms with Crippen LogP contribution in [-0.4, -0.2) is 38.8 Å². The van der Waals surface area contributed by atoms with Crippen molar-refractivity contribution in [2.45, 2.75) is 6.42 Å². The van der Waals surface area contributed by atoms with Crippen LogP contribution in [0.3, 0.4) is 0 Å². The third-order valence-electron chi connectivity index (χ3n) is 1.99. The largest absolute Gasteiger partial charge is 0.478 e. The number of aromatic carboxylic acids is 1. The molecule has 0 saturated carbocycles. The van der Waals surface area contributed by atoms with E-state index in [1.54, 1.807) is 6.26 Å². The van der Waals surface area contributed by atoms with Crippen molar-refractivity contribution in [1.82, 2.24) is 4.98 Å². The van der Waals surface area contributed by atoms with Gasteiger partial charge in [-0.15, -0.1) is 0 Å². The predicted molar refractivity (Wildman–Crippen MR) is 63.2 cm³/mol. The zero-order valence-corrected chi connectivity index (χ0v) is 10.1. The van der Waals surface area contributed by atoms with E-state index in [0.29, 0.717) is 18.7 Å². The van der Waals surface area contributed by atoms with Crippen LogP contribution in [0.15, 0.2) is 12.3 Å². The number of rotatable bonds is 6. The fraction of sp³-hybridized carbons (Fsp3) is 0.400. The summed E-state index contributed by atoms with van der Waals surface area (Å²) in [5.74, 6) is -1.28. The molecule has 0 aliphatic heterocycles. The third kappa shape index (κ3) is 4.48. The fourth-order valence-corrected chi connectivity index (χ4v) is 1.78. The van der Waals surface area contributed by atoms with E-state index in [4.69, 9.17) is 5.11 Å². The Morgan fingerprint density at radius 3 is 2.94 bits per heavy atom. The summed E-state index contributed by atoms with van der Waals surface area (Å²) in [7, 11) is -0.878. The molecule has 1 unspecified atom stereocenters. The quantitative estimate of drug-likeness (QED) is 0.749. The van der Waals surface area contributed by atoms with Crippen molar-refractivity contribution in [3.05, 3.63) is 23.6 Å². The van der Waals surface area contributed by atoms with Crippen LogP contribution in [0.5, 0.6) is 0 Å². The first-order valence-corrected chi connectivity index (χ1v) is 6.66. The molecule has 0 spiro atoms. The van der Waals surface area contributed by atoms with Gasteiger partial charge in [0.25, 0.3) is 0 Å². The second-order valence-corrected chi connectivity index (χ2v) is 4.97. The summed E-state index contributed by atoms with van der Waals surface area (Å²) < 4.78 is 23.6. The highest BCUT2D eigenvalue weighted by molar-refractivity contribution is 7.84. The lowest BCUT2D eigenvalue weighted by molar-refractivity contribution is 0.0697. The zero-order chi connectivity index (χ0) is 12.8. The molecular weight excluding hydrogens is 247 g/mol. The van der Waals surface area contributed by atoms with Crippen LogP contribution >= 0.6 is 0 Å². The van der Waals surface area contributed by atoms with Crippen molar-refractivity contribution in [3.8, 4) is 0 Å². The van der Waals surface area contributed by atoms with Gasteiger partial charge in [0.15, 0.2) is 0 Å². The number of hydrogen-bond acceptors (Lipinski definition) is 4. The normalized spacial score (nSPS) is 12.1. The highest BCUT2D eigenvalue weighted by atomic mass is 32.2. The average molecular weight is 260 g/mol. The van der Waals surface area contributed by atoms with Crippen LogP contribution < -0.4 is 5.32 Å². The highest BCUT2D eigenvalue weighted by Gasteiger charge is 2.12. The Morgan fingerprint density at radius 2 is 2.35 bits per heavy atom. The van der Waals surface area contributed by atoms with E-state index in [1.165, 1.54) is 0 Å². The Labute approximate surface area is 101 Å². The number of carboxylic acid groups (broad SMARTS) is 1. The molecule has 0 aliphatic rings. The van der Waals surface area contributed by atoms with Crippen molar-refractivity contribution in [2.75, 3.05) is 23.9 Å². The first kappa shape index (κ1) is 13.6. The number of carboxylic acids is 1. The van der Waals surface area contributed by atoms with Gasteiger partial charge in [-0.05, 0) is 12.5 Å². The number of aromatic nitrogens is 1. The summed E-state index contributed by atoms with van der Waals surface area (Å²) in [6.45, 7) is 0.443. The van der Waals surface area contributed by atoms with E-state index in [0.717, 1.165) is 12.3 Å². The molecule has 5 nitrogen and oxygen atoms in total. The van der Waals surface area contributed by atoms with Gasteiger partial charge in [-0.25, -0.2) is 14.2 Å². The average Bonchev–Trinajstić information content (AvgIpc) is 2.25. The Kier molecular flexibility index (Phi) is 5.02. The Balaban J connectivity index is 2.64. The second-order valence-electron chi connectivity index (χ2n) is 3.41. The standard InChI is InChI=1S/C10H13FN2O3S/c1-17(16)4-2-3-12-9-8(10(14)15)5-7(11)6-13-9/h5-6H,2-4H2,1H3,(H,12,13)(H,14,15). The van der Waals surface area contributed by atoms with E-state index in [9.17, 15) is 13.4 Å². The molecule has 0 aliphatic carbocycles. The van der Waals surface area contributed by atoms with Crippen molar-refractivity contribution in [2.24, 2.45) is 0 Å². The smallest absolute Gasteiger partial charge is 0.339 e. The van der Waals surface area contributed by atoms with Crippen LogP contribution in [0.4, 0.5) is 10.2 Å². The molecule has 0 saturated heterocycles. The number of hydrogen-bond donors (Lipinski definition) is 2. The van der Waals surface area contributed by atoms with Gasteiger partial charge in [-0.2, -0.15) is 0 Å². The van der Waals surface area contributed by atoms with E-state index >= 15 is 0 Å². The van der Waals surface area contributed by atoms with Crippen molar-refractivity contribution in [1.29, 1.82) is 0 Å². The lowest BCUT2D eigenvalue weighted by Crippen LogP contribution is -2.11. The van der Waals surface area contributed by atoms with Crippen LogP contribution in [0.1, 0.15) is 16.8 Å². The molecule has 7 heteroatoms. The Hall–Kier alpha value is -1.50. The van der Waals surface area contributed by atoms with Gasteiger partial charge in [0.2, 0.25) is 0 Å². The molecule has 0 radical (unpaired) electrons. The van der Waals surface area contributed by atoms with Gasteiger partial charge in [0.1, 0.15) is 17.2 Å². The van der Waals surface area contributed by atoms with Crippen LogP contribution in [0, 0.1) is 5.82 Å². The maximum absolute atomic E-state index is 12.8. The van der Waals surface area contributed by atoms with Crippen LogP contribution in [0.2, 0.25) is 0 Å². The summed E-state index contributed by atoms with van der Waals surface area (Å²) in [5.41, 5.74) is -0.206. The number of nitrogens with one attached hydrogen (secondary N) is 1. The summed E-state index contributed by atoms with van der Waals surface area (Å²) in [4.78, 5) is 14.5. The molecule has 0 bridgehead atoms. The maximum atomic E-state index is 12.8. The minimum Gasteiger partial charge on any atom is -0.478 e. The minimum atomic E-state index is -1.24. The highest BCUT2D eigenvalue weighted by Crippen LogP contribution is 2.13. The monoisotopic (exact) mass is 260 g/mol. The maximum Gasteiger partial charge on any atom is 0.339 e. The lowest BCUT2D eigenvalue weighted by Gasteiger charge is -2.07. The molecule has 1 atom stereocenters. The summed E-state index contributed by atoms with van der Waals surface area (Å²) in [6.07, 6.45) is 3.17. The number of anilines is 1. The zero-order valence-electron chi connectivity index (χ0n) is 9.27. The van der Waals surface area contributed by atoms with Gasteiger partial charge < -0.3 is 10.4 Å². The molecule has 1 rings (SSSR count). The fourth-order valence-electron chi connectivity index (χ4n) is 1.23. The number of pyridine rings is 1. The Morgan fingerprint density at radius 1 is 1.65 bits per heavy atom. The van der Waals surface area contributed by atoms with Gasteiger partial charge in [-0.3, -0.25) is 4.21 Å². The molecule has 1 aromatic heterocycles. The second kappa shape index (κ2) is 6.29. The molecule has 0 aromatic carbocycles. The number of nitrogens with zero attached hydrogens (tertiary/aromatic N) is 1. The van der Waals surface area contributed by atoms with E-state index in [-0.39, 0.29) is 11.4 Å². The summed E-state index contributed by atoms with van der Waals surface area (Å²) in [6, 6.07) is 0.912. The van der Waals surface area contributed by atoms with Crippen LogP contribution in [0.25, 0.3) is 0 Å².